The molecule has 19 heavy (non-hydrogen) atoms. The smallest absolute Gasteiger partial charge is 0.265 e. The van der Waals surface area contributed by atoms with Crippen molar-refractivity contribution < 1.29 is 4.79 Å². The van der Waals surface area contributed by atoms with Gasteiger partial charge in [0.1, 0.15) is 5.49 Å². The summed E-state index contributed by atoms with van der Waals surface area (Å²) in [6.45, 7) is 3.95. The molecule has 0 radical (unpaired) electrons. The summed E-state index contributed by atoms with van der Waals surface area (Å²) in [4.78, 5) is 20.9. The van der Waals surface area contributed by atoms with Gasteiger partial charge >= 0.3 is 0 Å². The summed E-state index contributed by atoms with van der Waals surface area (Å²) in [7, 11) is 0. The topological polar surface area (TPSA) is 47.2 Å². The second-order valence-electron chi connectivity index (χ2n) is 4.35. The van der Waals surface area contributed by atoms with Gasteiger partial charge in [-0.15, -0.1) is 0 Å². The number of hydrogen-bond donors (Lipinski definition) is 0. The summed E-state index contributed by atoms with van der Waals surface area (Å²) in [5.74, 6) is -0.145. The molecule has 98 valence electrons. The molecule has 0 aliphatic carbocycles. The summed E-state index contributed by atoms with van der Waals surface area (Å²) in [5.41, 5.74) is 1.16. The fourth-order valence-electron chi connectivity index (χ4n) is 1.64. The SMILES string of the molecule is CC(C)N=c1ccccn1C(=O)c1cncc(Br)c1. The van der Waals surface area contributed by atoms with E-state index in [4.69, 9.17) is 0 Å². The van der Waals surface area contributed by atoms with Gasteiger partial charge in [-0.1, -0.05) is 6.07 Å². The van der Waals surface area contributed by atoms with Gasteiger partial charge in [0, 0.05) is 29.1 Å². The van der Waals surface area contributed by atoms with E-state index in [0.717, 1.165) is 4.47 Å². The van der Waals surface area contributed by atoms with Gasteiger partial charge in [-0.2, -0.15) is 0 Å². The molecule has 2 rings (SSSR count). The van der Waals surface area contributed by atoms with Crippen LogP contribution in [0.5, 0.6) is 0 Å². The maximum atomic E-state index is 12.4. The second-order valence-corrected chi connectivity index (χ2v) is 5.26. The molecule has 0 aromatic carbocycles. The number of carbonyl (C=O) groups is 1. The van der Waals surface area contributed by atoms with Crippen LogP contribution in [0.2, 0.25) is 0 Å². The third kappa shape index (κ3) is 3.38. The molecule has 5 heteroatoms. The van der Waals surface area contributed by atoms with Crippen LogP contribution < -0.4 is 5.49 Å². The first-order valence-corrected chi connectivity index (χ1v) is 6.74. The molecule has 0 aliphatic rings. The Morgan fingerprint density at radius 2 is 2.16 bits per heavy atom. The average Bonchev–Trinajstić information content (AvgIpc) is 2.38. The van der Waals surface area contributed by atoms with E-state index in [1.807, 2.05) is 32.0 Å². The standard InChI is InChI=1S/C14H14BrN3O/c1-10(2)17-13-5-3-4-6-18(13)14(19)11-7-12(15)9-16-8-11/h3-10H,1-2H3. The average molecular weight is 320 g/mol. The van der Waals surface area contributed by atoms with Crippen LogP contribution >= 0.6 is 15.9 Å². The highest BCUT2D eigenvalue weighted by Gasteiger charge is 2.09. The van der Waals surface area contributed by atoms with Gasteiger partial charge in [-0.25, -0.2) is 0 Å². The molecule has 4 nitrogen and oxygen atoms in total. The summed E-state index contributed by atoms with van der Waals surface area (Å²) in [5, 5.41) is 0. The van der Waals surface area contributed by atoms with Crippen LogP contribution in [0.25, 0.3) is 0 Å². The minimum Gasteiger partial charge on any atom is -0.268 e. The Bertz CT molecular complexity index is 661. The minimum atomic E-state index is -0.145. The summed E-state index contributed by atoms with van der Waals surface area (Å²) >= 11 is 3.31. The predicted octanol–water partition coefficient (Wildman–Crippen LogP) is 2.64. The Balaban J connectivity index is 2.51. The maximum Gasteiger partial charge on any atom is 0.265 e. The molecule has 0 N–H and O–H groups in total. The van der Waals surface area contributed by atoms with Crippen molar-refractivity contribution in [1.82, 2.24) is 9.55 Å². The van der Waals surface area contributed by atoms with Crippen molar-refractivity contribution in [3.63, 3.8) is 0 Å². The van der Waals surface area contributed by atoms with E-state index in [9.17, 15) is 4.79 Å². The molecule has 0 saturated carbocycles. The van der Waals surface area contributed by atoms with Crippen molar-refractivity contribution in [2.45, 2.75) is 19.9 Å². The van der Waals surface area contributed by atoms with E-state index in [-0.39, 0.29) is 11.9 Å². The molecule has 2 aromatic heterocycles. The van der Waals surface area contributed by atoms with Gasteiger partial charge in [0.25, 0.3) is 5.91 Å². The quantitative estimate of drug-likeness (QED) is 0.854. The zero-order chi connectivity index (χ0) is 13.8. The van der Waals surface area contributed by atoms with Gasteiger partial charge in [0.15, 0.2) is 0 Å². The van der Waals surface area contributed by atoms with Crippen LogP contribution in [0.4, 0.5) is 0 Å². The summed E-state index contributed by atoms with van der Waals surface area (Å²) in [6.07, 6.45) is 4.91. The lowest BCUT2D eigenvalue weighted by atomic mass is 10.2. The van der Waals surface area contributed by atoms with E-state index in [1.54, 1.807) is 24.7 Å². The zero-order valence-electron chi connectivity index (χ0n) is 10.7. The first-order chi connectivity index (χ1) is 9.08. The lowest BCUT2D eigenvalue weighted by Crippen LogP contribution is -2.28. The fourth-order valence-corrected chi connectivity index (χ4v) is 2.01. The maximum absolute atomic E-state index is 12.4. The summed E-state index contributed by atoms with van der Waals surface area (Å²) < 4.78 is 2.31. The third-order valence-corrected chi connectivity index (χ3v) is 2.83. The molecule has 2 aromatic rings. The molecule has 0 saturated heterocycles. The summed E-state index contributed by atoms with van der Waals surface area (Å²) in [6, 6.07) is 7.37. The normalized spacial score (nSPS) is 11.9. The highest BCUT2D eigenvalue weighted by Crippen LogP contribution is 2.10. The van der Waals surface area contributed by atoms with Crippen LogP contribution in [0.15, 0.2) is 52.3 Å². The monoisotopic (exact) mass is 319 g/mol. The number of hydrogen-bond acceptors (Lipinski definition) is 3. The molecule has 0 fully saturated rings. The molecule has 0 bridgehead atoms. The van der Waals surface area contributed by atoms with E-state index < -0.39 is 0 Å². The van der Waals surface area contributed by atoms with Crippen molar-refractivity contribution in [3.8, 4) is 0 Å². The van der Waals surface area contributed by atoms with Gasteiger partial charge < -0.3 is 0 Å². The van der Waals surface area contributed by atoms with Crippen LogP contribution in [-0.2, 0) is 0 Å². The van der Waals surface area contributed by atoms with E-state index in [1.165, 1.54) is 4.57 Å². The van der Waals surface area contributed by atoms with Gasteiger partial charge in [0.2, 0.25) is 0 Å². The Hall–Kier alpha value is -1.75. The number of aromatic nitrogens is 2. The van der Waals surface area contributed by atoms with Crippen LogP contribution in [0.3, 0.4) is 0 Å². The molecule has 2 heterocycles. The Morgan fingerprint density at radius 1 is 1.37 bits per heavy atom. The molecule has 0 unspecified atom stereocenters. The highest BCUT2D eigenvalue weighted by atomic mass is 79.9. The number of pyridine rings is 2. The van der Waals surface area contributed by atoms with Gasteiger partial charge in [0.05, 0.1) is 5.56 Å². The lowest BCUT2D eigenvalue weighted by molar-refractivity contribution is 0.0954. The Labute approximate surface area is 120 Å². The number of rotatable bonds is 2. The molecular formula is C14H14BrN3O. The molecule has 0 atom stereocenters. The lowest BCUT2D eigenvalue weighted by Gasteiger charge is -2.07. The number of halogens is 1. The highest BCUT2D eigenvalue weighted by molar-refractivity contribution is 9.10. The molecular weight excluding hydrogens is 306 g/mol. The second kappa shape index (κ2) is 5.93. The van der Waals surface area contributed by atoms with Crippen molar-refractivity contribution in [2.24, 2.45) is 4.99 Å². The van der Waals surface area contributed by atoms with Crippen molar-refractivity contribution in [2.75, 3.05) is 0 Å². The predicted molar refractivity (Wildman–Crippen MR) is 76.8 cm³/mol. The fraction of sp³-hybridized carbons (Fsp3) is 0.214. The first kappa shape index (κ1) is 13.7. The van der Waals surface area contributed by atoms with Crippen LogP contribution in [0.1, 0.15) is 24.2 Å². The van der Waals surface area contributed by atoms with Crippen molar-refractivity contribution in [1.29, 1.82) is 0 Å². The molecule has 0 spiro atoms. The van der Waals surface area contributed by atoms with Crippen LogP contribution in [0, 0.1) is 0 Å². The van der Waals surface area contributed by atoms with Crippen molar-refractivity contribution >= 4 is 21.8 Å². The largest absolute Gasteiger partial charge is 0.268 e. The number of carbonyl (C=O) groups excluding carboxylic acids is 1. The van der Waals surface area contributed by atoms with Crippen molar-refractivity contribution in [3.05, 3.63) is 58.4 Å². The van der Waals surface area contributed by atoms with E-state index in [0.29, 0.717) is 11.1 Å². The van der Waals surface area contributed by atoms with Gasteiger partial charge in [-0.3, -0.25) is 19.3 Å². The molecule has 0 aliphatic heterocycles. The minimum absolute atomic E-state index is 0.127. The Kier molecular flexibility index (Phi) is 4.27. The molecule has 0 amide bonds. The van der Waals surface area contributed by atoms with E-state index in [2.05, 4.69) is 25.9 Å². The first-order valence-electron chi connectivity index (χ1n) is 5.94. The number of nitrogens with zero attached hydrogens (tertiary/aromatic N) is 3. The Morgan fingerprint density at radius 3 is 2.84 bits per heavy atom. The van der Waals surface area contributed by atoms with Gasteiger partial charge in [-0.05, 0) is 48.0 Å². The third-order valence-electron chi connectivity index (χ3n) is 2.40. The van der Waals surface area contributed by atoms with E-state index >= 15 is 0 Å². The van der Waals surface area contributed by atoms with Crippen LogP contribution in [-0.4, -0.2) is 21.5 Å². The zero-order valence-corrected chi connectivity index (χ0v) is 12.3.